The second kappa shape index (κ2) is 4.38. The number of aliphatic hydroxyl groups excluding tert-OH is 1. The molecule has 88 valence electrons. The van der Waals surface area contributed by atoms with Gasteiger partial charge >= 0.3 is 12.1 Å². The molecule has 0 heterocycles. The molecule has 1 saturated carbocycles. The minimum atomic E-state index is -4.80. The standard InChI is InChI=1S/C9H14F3NO2/c1-13(8(15)9(10,11)12)6-2-4-7(14)5-3-6/h6-7,14H,2-5H2,1H3. The number of aliphatic hydroxyl groups is 1. The van der Waals surface area contributed by atoms with E-state index in [2.05, 4.69) is 0 Å². The van der Waals surface area contributed by atoms with Crippen LogP contribution in [0.1, 0.15) is 25.7 Å². The molecule has 1 N–H and O–H groups in total. The first-order chi connectivity index (χ1) is 6.82. The molecule has 3 nitrogen and oxygen atoms in total. The van der Waals surface area contributed by atoms with Crippen molar-refractivity contribution in [2.75, 3.05) is 7.05 Å². The smallest absolute Gasteiger partial charge is 0.393 e. The zero-order valence-corrected chi connectivity index (χ0v) is 8.42. The van der Waals surface area contributed by atoms with E-state index in [9.17, 15) is 23.1 Å². The Balaban J connectivity index is 2.54. The summed E-state index contributed by atoms with van der Waals surface area (Å²) in [5, 5.41) is 9.18. The molecular formula is C9H14F3NO2. The third kappa shape index (κ3) is 3.09. The van der Waals surface area contributed by atoms with Crippen LogP contribution in [-0.2, 0) is 4.79 Å². The first-order valence-corrected chi connectivity index (χ1v) is 4.84. The molecule has 0 aromatic rings. The van der Waals surface area contributed by atoms with Crippen molar-refractivity contribution in [3.63, 3.8) is 0 Å². The number of halogens is 3. The SMILES string of the molecule is CN(C(=O)C(F)(F)F)C1CCC(O)CC1. The van der Waals surface area contributed by atoms with Crippen molar-refractivity contribution in [1.29, 1.82) is 0 Å². The molecule has 0 bridgehead atoms. The molecule has 15 heavy (non-hydrogen) atoms. The first-order valence-electron chi connectivity index (χ1n) is 4.84. The number of nitrogens with zero attached hydrogens (tertiary/aromatic N) is 1. The van der Waals surface area contributed by atoms with E-state index >= 15 is 0 Å². The van der Waals surface area contributed by atoms with Gasteiger partial charge in [-0.25, -0.2) is 0 Å². The maximum Gasteiger partial charge on any atom is 0.471 e. The van der Waals surface area contributed by atoms with Gasteiger partial charge in [0.2, 0.25) is 0 Å². The van der Waals surface area contributed by atoms with Gasteiger partial charge in [-0.3, -0.25) is 4.79 Å². The number of amides is 1. The van der Waals surface area contributed by atoms with E-state index in [1.165, 1.54) is 0 Å². The van der Waals surface area contributed by atoms with Gasteiger partial charge in [-0.05, 0) is 25.7 Å². The summed E-state index contributed by atoms with van der Waals surface area (Å²) in [5.41, 5.74) is 0. The van der Waals surface area contributed by atoms with Crippen LogP contribution in [-0.4, -0.2) is 41.3 Å². The molecule has 0 spiro atoms. The number of alkyl halides is 3. The van der Waals surface area contributed by atoms with Crippen LogP contribution in [0.3, 0.4) is 0 Å². The van der Waals surface area contributed by atoms with Crippen molar-refractivity contribution in [3.8, 4) is 0 Å². The summed E-state index contributed by atoms with van der Waals surface area (Å²) in [7, 11) is 1.16. The van der Waals surface area contributed by atoms with Crippen molar-refractivity contribution in [1.82, 2.24) is 4.90 Å². The highest BCUT2D eigenvalue weighted by Crippen LogP contribution is 2.26. The third-order valence-corrected chi connectivity index (χ3v) is 2.78. The maximum absolute atomic E-state index is 12.1. The van der Waals surface area contributed by atoms with E-state index in [1.54, 1.807) is 0 Å². The highest BCUT2D eigenvalue weighted by molar-refractivity contribution is 5.81. The Morgan fingerprint density at radius 2 is 1.73 bits per heavy atom. The Kier molecular flexibility index (Phi) is 3.59. The van der Waals surface area contributed by atoms with Crippen molar-refractivity contribution >= 4 is 5.91 Å². The van der Waals surface area contributed by atoms with Gasteiger partial charge in [-0.2, -0.15) is 13.2 Å². The fraction of sp³-hybridized carbons (Fsp3) is 0.889. The molecule has 0 aromatic carbocycles. The second-order valence-electron chi connectivity index (χ2n) is 3.88. The van der Waals surface area contributed by atoms with E-state index in [-0.39, 0.29) is 0 Å². The molecule has 0 saturated heterocycles. The first kappa shape index (κ1) is 12.3. The van der Waals surface area contributed by atoms with Gasteiger partial charge in [0.25, 0.3) is 0 Å². The van der Waals surface area contributed by atoms with E-state index in [4.69, 9.17) is 0 Å². The molecule has 1 amide bonds. The highest BCUT2D eigenvalue weighted by atomic mass is 19.4. The Bertz CT molecular complexity index is 234. The van der Waals surface area contributed by atoms with Crippen molar-refractivity contribution in [3.05, 3.63) is 0 Å². The molecule has 0 radical (unpaired) electrons. The van der Waals surface area contributed by atoms with Gasteiger partial charge < -0.3 is 10.0 Å². The Hall–Kier alpha value is -0.780. The number of carbonyl (C=O) groups excluding carboxylic acids is 1. The summed E-state index contributed by atoms with van der Waals surface area (Å²) in [6, 6.07) is -0.400. The molecule has 0 unspecified atom stereocenters. The Morgan fingerprint density at radius 3 is 2.13 bits per heavy atom. The van der Waals surface area contributed by atoms with Gasteiger partial charge in [0.1, 0.15) is 0 Å². The van der Waals surface area contributed by atoms with E-state index < -0.39 is 24.2 Å². The minimum absolute atomic E-state index is 0.400. The van der Waals surface area contributed by atoms with Crippen LogP contribution in [0.5, 0.6) is 0 Å². The summed E-state index contributed by atoms with van der Waals surface area (Å²) >= 11 is 0. The lowest BCUT2D eigenvalue weighted by Gasteiger charge is -2.33. The van der Waals surface area contributed by atoms with Gasteiger partial charge in [-0.1, -0.05) is 0 Å². The summed E-state index contributed by atoms with van der Waals surface area (Å²) < 4.78 is 36.3. The topological polar surface area (TPSA) is 40.5 Å². The van der Waals surface area contributed by atoms with E-state index in [0.29, 0.717) is 25.7 Å². The summed E-state index contributed by atoms with van der Waals surface area (Å²) in [6.07, 6.45) is -3.46. The molecule has 6 heteroatoms. The molecule has 0 aromatic heterocycles. The Morgan fingerprint density at radius 1 is 1.27 bits per heavy atom. The van der Waals surface area contributed by atoms with Crippen LogP contribution >= 0.6 is 0 Å². The molecule has 0 atom stereocenters. The number of rotatable bonds is 1. The number of carbonyl (C=O) groups is 1. The summed E-state index contributed by atoms with van der Waals surface area (Å²) in [6.45, 7) is 0. The van der Waals surface area contributed by atoms with Gasteiger partial charge in [0, 0.05) is 13.1 Å². The zero-order chi connectivity index (χ0) is 11.6. The van der Waals surface area contributed by atoms with Crippen LogP contribution in [0.2, 0.25) is 0 Å². The van der Waals surface area contributed by atoms with Crippen LogP contribution in [0.15, 0.2) is 0 Å². The highest BCUT2D eigenvalue weighted by Gasteiger charge is 2.43. The van der Waals surface area contributed by atoms with Crippen LogP contribution in [0.4, 0.5) is 13.2 Å². The van der Waals surface area contributed by atoms with Crippen LogP contribution in [0.25, 0.3) is 0 Å². The fourth-order valence-corrected chi connectivity index (χ4v) is 1.81. The third-order valence-electron chi connectivity index (χ3n) is 2.78. The lowest BCUT2D eigenvalue weighted by Crippen LogP contribution is -2.46. The molecule has 1 aliphatic rings. The number of hydrogen-bond acceptors (Lipinski definition) is 2. The normalized spacial score (nSPS) is 27.5. The van der Waals surface area contributed by atoms with Crippen molar-refractivity contribution < 1.29 is 23.1 Å². The van der Waals surface area contributed by atoms with Gasteiger partial charge in [-0.15, -0.1) is 0 Å². The van der Waals surface area contributed by atoms with Gasteiger partial charge in [0.15, 0.2) is 0 Å². The maximum atomic E-state index is 12.1. The summed E-state index contributed by atoms with van der Waals surface area (Å²) in [4.78, 5) is 11.6. The monoisotopic (exact) mass is 225 g/mol. The molecule has 0 aliphatic heterocycles. The predicted octanol–water partition coefficient (Wildman–Crippen LogP) is 1.31. The predicted molar refractivity (Wildman–Crippen MR) is 47.1 cm³/mol. The van der Waals surface area contributed by atoms with Crippen molar-refractivity contribution in [2.24, 2.45) is 0 Å². The molecule has 1 fully saturated rings. The molecular weight excluding hydrogens is 211 g/mol. The molecule has 1 aliphatic carbocycles. The largest absolute Gasteiger partial charge is 0.471 e. The quantitative estimate of drug-likeness (QED) is 0.731. The Labute approximate surface area is 85.9 Å². The van der Waals surface area contributed by atoms with Crippen LogP contribution < -0.4 is 0 Å². The lowest BCUT2D eigenvalue weighted by atomic mass is 9.92. The minimum Gasteiger partial charge on any atom is -0.393 e. The summed E-state index contributed by atoms with van der Waals surface area (Å²) in [5.74, 6) is -1.80. The molecule has 1 rings (SSSR count). The van der Waals surface area contributed by atoms with E-state index in [1.807, 2.05) is 0 Å². The average Bonchev–Trinajstić information content (AvgIpc) is 2.15. The number of hydrogen-bond donors (Lipinski definition) is 1. The lowest BCUT2D eigenvalue weighted by molar-refractivity contribution is -0.187. The van der Waals surface area contributed by atoms with Crippen LogP contribution in [0, 0.1) is 0 Å². The second-order valence-corrected chi connectivity index (χ2v) is 3.88. The van der Waals surface area contributed by atoms with Crippen molar-refractivity contribution in [2.45, 2.75) is 44.0 Å². The zero-order valence-electron chi connectivity index (χ0n) is 8.42. The van der Waals surface area contributed by atoms with Gasteiger partial charge in [0.05, 0.1) is 6.10 Å². The van der Waals surface area contributed by atoms with E-state index in [0.717, 1.165) is 11.9 Å². The average molecular weight is 225 g/mol. The fourth-order valence-electron chi connectivity index (χ4n) is 1.81.